The molecule has 0 N–H and O–H groups in total. The molecule has 0 radical (unpaired) electrons. The second kappa shape index (κ2) is 6.89. The maximum Gasteiger partial charge on any atom is 0.122 e. The molecule has 0 amide bonds. The first-order valence-electron chi connectivity index (χ1n) is 6.59. The summed E-state index contributed by atoms with van der Waals surface area (Å²) in [4.78, 5) is 7.20. The molecule has 1 aromatic heterocycles. The third kappa shape index (κ3) is 3.95. The van der Waals surface area contributed by atoms with Gasteiger partial charge in [0.15, 0.2) is 0 Å². The van der Waals surface area contributed by atoms with Crippen LogP contribution in [0.25, 0.3) is 0 Å². The molecule has 2 heterocycles. The zero-order chi connectivity index (χ0) is 13.0. The Morgan fingerprint density at radius 2 is 2.44 bits per heavy atom. The smallest absolute Gasteiger partial charge is 0.122 e. The average molecular weight is 286 g/mol. The summed E-state index contributed by atoms with van der Waals surface area (Å²) >= 11 is 3.79. The van der Waals surface area contributed by atoms with Crippen molar-refractivity contribution in [3.05, 3.63) is 16.1 Å². The Balaban J connectivity index is 1.89. The fourth-order valence-corrected chi connectivity index (χ4v) is 4.06. The topological polar surface area (TPSA) is 25.4 Å². The van der Waals surface area contributed by atoms with Crippen molar-refractivity contribution in [3.8, 4) is 0 Å². The van der Waals surface area contributed by atoms with E-state index >= 15 is 0 Å². The summed E-state index contributed by atoms with van der Waals surface area (Å²) in [5.41, 5.74) is 1.20. The van der Waals surface area contributed by atoms with E-state index in [0.717, 1.165) is 23.4 Å². The summed E-state index contributed by atoms with van der Waals surface area (Å²) in [5, 5.41) is 4.03. The molecule has 1 aliphatic rings. The number of thiazole rings is 1. The first-order valence-corrected chi connectivity index (χ1v) is 8.51. The fourth-order valence-electron chi connectivity index (χ4n) is 2.17. The van der Waals surface area contributed by atoms with E-state index in [9.17, 15) is 0 Å². The molecule has 102 valence electrons. The quantitative estimate of drug-likeness (QED) is 0.830. The minimum Gasteiger partial charge on any atom is -0.372 e. The molecular formula is C13H22N2OS2. The molecule has 0 spiro atoms. The van der Waals surface area contributed by atoms with Crippen LogP contribution in [-0.2, 0) is 11.3 Å². The predicted molar refractivity (Wildman–Crippen MR) is 79.4 cm³/mol. The van der Waals surface area contributed by atoms with Crippen LogP contribution in [0.4, 0.5) is 0 Å². The van der Waals surface area contributed by atoms with E-state index < -0.39 is 0 Å². The molecule has 1 fully saturated rings. The summed E-state index contributed by atoms with van der Waals surface area (Å²) < 4.78 is 5.58. The molecule has 1 aliphatic heterocycles. The number of hydrogen-bond acceptors (Lipinski definition) is 5. The Morgan fingerprint density at radius 1 is 1.61 bits per heavy atom. The van der Waals surface area contributed by atoms with Gasteiger partial charge in [0.2, 0.25) is 0 Å². The number of nitrogens with zero attached hydrogens (tertiary/aromatic N) is 2. The van der Waals surface area contributed by atoms with E-state index in [-0.39, 0.29) is 6.10 Å². The SMILES string of the molecule is CCO[C@H](C)c1nc(CN2CCS[C@H](C)C2)cs1. The van der Waals surface area contributed by atoms with Crippen LogP contribution in [0.1, 0.15) is 37.6 Å². The van der Waals surface area contributed by atoms with E-state index in [1.54, 1.807) is 11.3 Å². The fraction of sp³-hybridized carbons (Fsp3) is 0.769. The Labute approximate surface area is 118 Å². The van der Waals surface area contributed by atoms with E-state index in [1.165, 1.54) is 24.5 Å². The van der Waals surface area contributed by atoms with Crippen LogP contribution in [0.5, 0.6) is 0 Å². The Bertz CT molecular complexity index is 370. The highest BCUT2D eigenvalue weighted by molar-refractivity contribution is 7.99. The summed E-state index contributed by atoms with van der Waals surface area (Å²) in [6, 6.07) is 0. The van der Waals surface area contributed by atoms with Crippen molar-refractivity contribution in [2.45, 2.75) is 38.7 Å². The number of rotatable bonds is 5. The van der Waals surface area contributed by atoms with E-state index in [0.29, 0.717) is 0 Å². The van der Waals surface area contributed by atoms with Gasteiger partial charge in [-0.15, -0.1) is 11.3 Å². The summed E-state index contributed by atoms with van der Waals surface area (Å²) in [6.07, 6.45) is 0.129. The van der Waals surface area contributed by atoms with Gasteiger partial charge in [0.05, 0.1) is 5.69 Å². The van der Waals surface area contributed by atoms with Crippen LogP contribution in [0.2, 0.25) is 0 Å². The van der Waals surface area contributed by atoms with Gasteiger partial charge in [-0.25, -0.2) is 4.98 Å². The van der Waals surface area contributed by atoms with Gasteiger partial charge in [0, 0.05) is 42.6 Å². The van der Waals surface area contributed by atoms with Crippen molar-refractivity contribution in [2.75, 3.05) is 25.4 Å². The molecule has 0 unspecified atom stereocenters. The lowest BCUT2D eigenvalue weighted by atomic mass is 10.3. The predicted octanol–water partition coefficient (Wildman–Crippen LogP) is 3.18. The van der Waals surface area contributed by atoms with Crippen LogP contribution in [-0.4, -0.2) is 40.6 Å². The van der Waals surface area contributed by atoms with Crippen molar-refractivity contribution < 1.29 is 4.74 Å². The zero-order valence-electron chi connectivity index (χ0n) is 11.4. The van der Waals surface area contributed by atoms with Gasteiger partial charge < -0.3 is 4.74 Å². The molecule has 0 aliphatic carbocycles. The highest BCUT2D eigenvalue weighted by Crippen LogP contribution is 2.23. The van der Waals surface area contributed by atoms with Crippen LogP contribution < -0.4 is 0 Å². The van der Waals surface area contributed by atoms with Gasteiger partial charge in [-0.2, -0.15) is 11.8 Å². The van der Waals surface area contributed by atoms with Crippen molar-refractivity contribution in [1.29, 1.82) is 0 Å². The minimum absolute atomic E-state index is 0.129. The van der Waals surface area contributed by atoms with Crippen molar-refractivity contribution >= 4 is 23.1 Å². The molecule has 5 heteroatoms. The largest absolute Gasteiger partial charge is 0.372 e. The Kier molecular flexibility index (Phi) is 5.48. The lowest BCUT2D eigenvalue weighted by Crippen LogP contribution is -2.36. The number of aromatic nitrogens is 1. The monoisotopic (exact) mass is 286 g/mol. The minimum atomic E-state index is 0.129. The number of thioether (sulfide) groups is 1. The van der Waals surface area contributed by atoms with Crippen LogP contribution in [0.3, 0.4) is 0 Å². The van der Waals surface area contributed by atoms with Crippen molar-refractivity contribution in [1.82, 2.24) is 9.88 Å². The van der Waals surface area contributed by atoms with Gasteiger partial charge in [-0.05, 0) is 13.8 Å². The first kappa shape index (κ1) is 14.3. The lowest BCUT2D eigenvalue weighted by molar-refractivity contribution is 0.0760. The standard InChI is InChI=1S/C13H22N2OS2/c1-4-16-11(3)13-14-12(9-18-13)8-15-5-6-17-10(2)7-15/h9-11H,4-8H2,1-3H3/t10-,11-/m1/s1. The molecule has 1 saturated heterocycles. The van der Waals surface area contributed by atoms with Gasteiger partial charge in [0.1, 0.15) is 11.1 Å². The first-order chi connectivity index (χ1) is 8.69. The molecule has 3 nitrogen and oxygen atoms in total. The van der Waals surface area contributed by atoms with Gasteiger partial charge in [-0.3, -0.25) is 4.90 Å². The third-order valence-electron chi connectivity index (χ3n) is 3.04. The maximum atomic E-state index is 5.58. The molecule has 0 saturated carbocycles. The summed E-state index contributed by atoms with van der Waals surface area (Å²) in [6.45, 7) is 10.5. The molecule has 2 atom stereocenters. The highest BCUT2D eigenvalue weighted by Gasteiger charge is 2.18. The lowest BCUT2D eigenvalue weighted by Gasteiger charge is -2.29. The molecule has 0 aromatic carbocycles. The van der Waals surface area contributed by atoms with E-state index in [1.807, 2.05) is 6.92 Å². The molecule has 18 heavy (non-hydrogen) atoms. The van der Waals surface area contributed by atoms with Gasteiger partial charge >= 0.3 is 0 Å². The third-order valence-corrected chi connectivity index (χ3v) is 5.24. The molecular weight excluding hydrogens is 264 g/mol. The van der Waals surface area contributed by atoms with Crippen molar-refractivity contribution in [2.24, 2.45) is 0 Å². The van der Waals surface area contributed by atoms with Crippen LogP contribution in [0.15, 0.2) is 5.38 Å². The van der Waals surface area contributed by atoms with Gasteiger partial charge in [-0.1, -0.05) is 6.92 Å². The zero-order valence-corrected chi connectivity index (χ0v) is 13.0. The van der Waals surface area contributed by atoms with Crippen LogP contribution in [0, 0.1) is 0 Å². The molecule has 2 rings (SSSR count). The second-order valence-electron chi connectivity index (χ2n) is 4.69. The van der Waals surface area contributed by atoms with Crippen molar-refractivity contribution in [3.63, 3.8) is 0 Å². The van der Waals surface area contributed by atoms with E-state index in [4.69, 9.17) is 9.72 Å². The Morgan fingerprint density at radius 3 is 3.17 bits per heavy atom. The highest BCUT2D eigenvalue weighted by atomic mass is 32.2. The average Bonchev–Trinajstić information content (AvgIpc) is 2.78. The van der Waals surface area contributed by atoms with Crippen LogP contribution >= 0.6 is 23.1 Å². The maximum absolute atomic E-state index is 5.58. The van der Waals surface area contributed by atoms with E-state index in [2.05, 4.69) is 35.9 Å². The second-order valence-corrected chi connectivity index (χ2v) is 7.13. The number of ether oxygens (including phenoxy) is 1. The Hall–Kier alpha value is -0.100. The molecule has 1 aromatic rings. The molecule has 0 bridgehead atoms. The van der Waals surface area contributed by atoms with Gasteiger partial charge in [0.25, 0.3) is 0 Å². The number of hydrogen-bond donors (Lipinski definition) is 0. The summed E-state index contributed by atoms with van der Waals surface area (Å²) in [5.74, 6) is 1.24. The normalized spacial score (nSPS) is 23.2. The summed E-state index contributed by atoms with van der Waals surface area (Å²) in [7, 11) is 0.